The number of aliphatic hydroxyl groups is 1. The van der Waals surface area contributed by atoms with E-state index in [2.05, 4.69) is 30.9 Å². The van der Waals surface area contributed by atoms with Gasteiger partial charge in [-0.15, -0.1) is 0 Å². The van der Waals surface area contributed by atoms with E-state index < -0.39 is 103 Å². The van der Waals surface area contributed by atoms with Crippen molar-refractivity contribution in [3.05, 3.63) is 0 Å². The highest BCUT2D eigenvalue weighted by atomic mass is 16.7. The first-order valence-corrected chi connectivity index (χ1v) is 14.5. The molecule has 0 saturated carbocycles. The lowest BCUT2D eigenvalue weighted by Crippen LogP contribution is -2.67. The average Bonchev–Trinajstić information content (AvgIpc) is 3.72. The third-order valence-electron chi connectivity index (χ3n) is 7.02. The molecule has 3 unspecified atom stereocenters. The Kier molecular flexibility index (Phi) is 13.9. The maximum atomic E-state index is 13.1. The molecule has 2 rings (SSSR count). The van der Waals surface area contributed by atoms with Crippen molar-refractivity contribution in [3.8, 4) is 0 Å². The van der Waals surface area contributed by atoms with Crippen molar-refractivity contribution >= 4 is 41.5 Å². The summed E-state index contributed by atoms with van der Waals surface area (Å²) in [5.74, 6) is -5.23. The molecular formula is C27H42N6O13. The van der Waals surface area contributed by atoms with Crippen LogP contribution in [0.4, 0.5) is 0 Å². The number of amides is 4. The molecule has 2 aliphatic heterocycles. The predicted octanol–water partition coefficient (Wildman–Crippen LogP) is -2.15. The number of primary amides is 1. The Morgan fingerprint density at radius 2 is 1.63 bits per heavy atom. The van der Waals surface area contributed by atoms with Gasteiger partial charge in [-0.3, -0.25) is 33.6 Å². The first-order chi connectivity index (χ1) is 21.5. The molecule has 19 nitrogen and oxygen atoms in total. The Morgan fingerprint density at radius 3 is 2.17 bits per heavy atom. The largest absolute Gasteiger partial charge is 0.469 e. The standard InChI is InChI=1S/C27H42N6O13/c1-12(24(39)30-16(23(28)38)7-8-19(37)42-6)29-25(40)13(2)44-22-20(31-18(36)9-10-27(5)32-33-27)26(41)46-17(11-43-14(3)34)21(22)45-15(4)35/h12-13,16-17,20-22,26,41H,7-11H2,1-6H3,(H2,28,38)(H,29,40)(H,30,39)(H,31,36)/t12?,13?,16?,17-,20-,21-,22-,26+/m1/s1. The zero-order valence-corrected chi connectivity index (χ0v) is 26.5. The first kappa shape index (κ1) is 38.0. The van der Waals surface area contributed by atoms with E-state index in [0.717, 1.165) is 21.0 Å². The highest BCUT2D eigenvalue weighted by Crippen LogP contribution is 2.32. The summed E-state index contributed by atoms with van der Waals surface area (Å²) in [6, 6.07) is -3.83. The molecule has 0 aromatic heterocycles. The van der Waals surface area contributed by atoms with E-state index in [4.69, 9.17) is 24.7 Å². The normalized spacial score (nSPS) is 24.7. The highest BCUT2D eigenvalue weighted by molar-refractivity contribution is 5.92. The molecule has 0 aromatic carbocycles. The fourth-order valence-corrected chi connectivity index (χ4v) is 4.34. The number of esters is 3. The Morgan fingerprint density at radius 1 is 0.978 bits per heavy atom. The van der Waals surface area contributed by atoms with Gasteiger partial charge < -0.3 is 50.5 Å². The van der Waals surface area contributed by atoms with Gasteiger partial charge in [-0.05, 0) is 27.2 Å². The fraction of sp³-hybridized carbons (Fsp3) is 0.741. The van der Waals surface area contributed by atoms with Crippen LogP contribution < -0.4 is 21.7 Å². The Balaban J connectivity index is 2.20. The first-order valence-electron chi connectivity index (χ1n) is 14.5. The van der Waals surface area contributed by atoms with Crippen molar-refractivity contribution < 1.29 is 62.4 Å². The maximum absolute atomic E-state index is 13.1. The van der Waals surface area contributed by atoms with Crippen LogP contribution in [0.25, 0.3) is 0 Å². The lowest BCUT2D eigenvalue weighted by atomic mass is 9.95. The summed E-state index contributed by atoms with van der Waals surface area (Å²) in [7, 11) is 1.16. The van der Waals surface area contributed by atoms with Gasteiger partial charge in [-0.2, -0.15) is 10.2 Å². The number of nitrogens with zero attached hydrogens (tertiary/aromatic N) is 2. The van der Waals surface area contributed by atoms with Gasteiger partial charge >= 0.3 is 17.9 Å². The molecule has 2 heterocycles. The minimum atomic E-state index is -1.76. The minimum Gasteiger partial charge on any atom is -0.469 e. The lowest BCUT2D eigenvalue weighted by Gasteiger charge is -2.44. The molecule has 2 aliphatic rings. The molecule has 46 heavy (non-hydrogen) atoms. The molecule has 1 fully saturated rings. The van der Waals surface area contributed by atoms with Crippen molar-refractivity contribution in [1.82, 2.24) is 16.0 Å². The number of rotatable bonds is 17. The number of hydrogen-bond acceptors (Lipinski definition) is 15. The van der Waals surface area contributed by atoms with Crippen molar-refractivity contribution in [3.63, 3.8) is 0 Å². The third kappa shape index (κ3) is 11.9. The van der Waals surface area contributed by atoms with Gasteiger partial charge in [0.25, 0.3) is 0 Å². The van der Waals surface area contributed by atoms with Crippen LogP contribution in [0, 0.1) is 0 Å². The van der Waals surface area contributed by atoms with Gasteiger partial charge in [0.15, 0.2) is 18.1 Å². The lowest BCUT2D eigenvalue weighted by molar-refractivity contribution is -0.271. The van der Waals surface area contributed by atoms with Crippen LogP contribution >= 0.6 is 0 Å². The summed E-state index contributed by atoms with van der Waals surface area (Å²) in [6.07, 6.45) is -7.35. The van der Waals surface area contributed by atoms with Crippen molar-refractivity contribution in [2.75, 3.05) is 13.7 Å². The number of nitrogens with two attached hydrogens (primary N) is 1. The van der Waals surface area contributed by atoms with Crippen LogP contribution in [-0.4, -0.2) is 115 Å². The summed E-state index contributed by atoms with van der Waals surface area (Å²) >= 11 is 0. The molecule has 0 radical (unpaired) electrons. The predicted molar refractivity (Wildman–Crippen MR) is 152 cm³/mol. The second-order valence-electron chi connectivity index (χ2n) is 11.0. The molecule has 258 valence electrons. The molecule has 0 aliphatic carbocycles. The van der Waals surface area contributed by atoms with Gasteiger partial charge in [0, 0.05) is 33.1 Å². The Bertz CT molecular complexity index is 1190. The van der Waals surface area contributed by atoms with Crippen LogP contribution in [0.1, 0.15) is 60.3 Å². The molecule has 1 saturated heterocycles. The minimum absolute atomic E-state index is 0.0524. The second kappa shape index (κ2) is 16.9. The van der Waals surface area contributed by atoms with Gasteiger partial charge in [0.05, 0.1) is 7.11 Å². The second-order valence-corrected chi connectivity index (χ2v) is 11.0. The topological polar surface area (TPSA) is 273 Å². The summed E-state index contributed by atoms with van der Waals surface area (Å²) in [4.78, 5) is 85.4. The summed E-state index contributed by atoms with van der Waals surface area (Å²) in [5, 5.41) is 25.9. The van der Waals surface area contributed by atoms with Gasteiger partial charge in [-0.25, -0.2) is 0 Å². The number of nitrogens with one attached hydrogen (secondary N) is 3. The zero-order chi connectivity index (χ0) is 34.8. The smallest absolute Gasteiger partial charge is 0.305 e. The number of carbonyl (C=O) groups excluding carboxylic acids is 7. The molecule has 0 bridgehead atoms. The summed E-state index contributed by atoms with van der Waals surface area (Å²) < 4.78 is 26.4. The molecule has 0 spiro atoms. The Hall–Kier alpha value is -4.23. The van der Waals surface area contributed by atoms with E-state index in [1.807, 2.05) is 0 Å². The van der Waals surface area contributed by atoms with E-state index in [1.54, 1.807) is 6.92 Å². The van der Waals surface area contributed by atoms with Crippen molar-refractivity contribution in [2.45, 2.75) is 115 Å². The summed E-state index contributed by atoms with van der Waals surface area (Å²) in [6.45, 7) is 6.08. The number of methoxy groups -OCH3 is 1. The summed E-state index contributed by atoms with van der Waals surface area (Å²) in [5.41, 5.74) is 4.64. The quantitative estimate of drug-likeness (QED) is 0.0824. The van der Waals surface area contributed by atoms with Crippen LogP contribution in [0.3, 0.4) is 0 Å². The van der Waals surface area contributed by atoms with Gasteiger partial charge in [0.2, 0.25) is 23.6 Å². The highest BCUT2D eigenvalue weighted by Gasteiger charge is 2.50. The monoisotopic (exact) mass is 658 g/mol. The van der Waals surface area contributed by atoms with Crippen LogP contribution in [0.2, 0.25) is 0 Å². The van der Waals surface area contributed by atoms with Crippen LogP contribution in [0.5, 0.6) is 0 Å². The molecule has 0 aromatic rings. The van der Waals surface area contributed by atoms with E-state index in [-0.39, 0.29) is 25.7 Å². The van der Waals surface area contributed by atoms with Crippen LogP contribution in [0.15, 0.2) is 10.2 Å². The van der Waals surface area contributed by atoms with E-state index >= 15 is 0 Å². The van der Waals surface area contributed by atoms with Crippen LogP contribution in [-0.2, 0) is 57.2 Å². The number of hydrogen-bond donors (Lipinski definition) is 5. The molecule has 8 atom stereocenters. The van der Waals surface area contributed by atoms with Crippen molar-refractivity contribution in [1.29, 1.82) is 0 Å². The third-order valence-corrected chi connectivity index (χ3v) is 7.02. The number of carbonyl (C=O) groups is 7. The molecule has 4 amide bonds. The maximum Gasteiger partial charge on any atom is 0.305 e. The number of ether oxygens (including phenoxy) is 5. The molecule has 6 N–H and O–H groups in total. The Labute approximate surface area is 264 Å². The molecule has 19 heteroatoms. The zero-order valence-electron chi connectivity index (χ0n) is 26.5. The van der Waals surface area contributed by atoms with Gasteiger partial charge in [-0.1, -0.05) is 0 Å². The fourth-order valence-electron chi connectivity index (χ4n) is 4.34. The average molecular weight is 659 g/mol. The van der Waals surface area contributed by atoms with Crippen molar-refractivity contribution in [2.24, 2.45) is 16.0 Å². The van der Waals surface area contributed by atoms with E-state index in [0.29, 0.717) is 0 Å². The van der Waals surface area contributed by atoms with E-state index in [1.165, 1.54) is 13.8 Å². The number of aliphatic hydroxyl groups excluding tert-OH is 1. The van der Waals surface area contributed by atoms with Gasteiger partial charge in [0.1, 0.15) is 43.0 Å². The van der Waals surface area contributed by atoms with E-state index in [9.17, 15) is 38.7 Å². The molecular weight excluding hydrogens is 616 g/mol. The SMILES string of the molecule is COC(=O)CCC(NC(=O)C(C)NC(=O)C(C)O[C@@H]1[C@@H](NC(=O)CCC2(C)N=N2)[C@@H](O)O[C@H](COC(C)=O)[C@H]1OC(C)=O)C(N)=O.